The zero-order valence-corrected chi connectivity index (χ0v) is 21.6. The first-order valence-corrected chi connectivity index (χ1v) is 13.2. The van der Waals surface area contributed by atoms with Crippen LogP contribution >= 0.6 is 0 Å². The van der Waals surface area contributed by atoms with Crippen molar-refractivity contribution in [1.29, 1.82) is 0 Å². The number of carbonyl (C=O) groups excluding carboxylic acids is 1. The zero-order chi connectivity index (χ0) is 26.5. The molecule has 5 aromatic carbocycles. The van der Waals surface area contributed by atoms with Crippen molar-refractivity contribution in [2.75, 3.05) is 4.90 Å². The quantitative estimate of drug-likeness (QED) is 0.209. The Kier molecular flexibility index (Phi) is 6.80. The zero-order valence-electron chi connectivity index (χ0n) is 21.6. The smallest absolute Gasteiger partial charge is 0.341 e. The molecule has 0 spiro atoms. The van der Waals surface area contributed by atoms with Gasteiger partial charge < -0.3 is 9.64 Å². The number of esters is 1. The van der Waals surface area contributed by atoms with Gasteiger partial charge in [-0.2, -0.15) is 0 Å². The van der Waals surface area contributed by atoms with Gasteiger partial charge in [0.1, 0.15) is 6.61 Å². The van der Waals surface area contributed by atoms with Gasteiger partial charge in [-0.25, -0.2) is 4.79 Å². The molecule has 5 aromatic rings. The predicted octanol–water partition coefficient (Wildman–Crippen LogP) is 7.97. The molecular weight excluding hydrogens is 478 g/mol. The molecule has 6 rings (SSSR count). The normalized spacial score (nSPS) is 18.4. The number of hydrogen-bond donors (Lipinski definition) is 0. The van der Waals surface area contributed by atoms with Crippen molar-refractivity contribution in [2.45, 2.75) is 18.2 Å². The molecule has 3 nitrogen and oxygen atoms in total. The van der Waals surface area contributed by atoms with E-state index in [1.54, 1.807) is 0 Å². The molecular formula is C36H29NO2. The molecule has 0 aromatic heterocycles. The second-order valence-electron chi connectivity index (χ2n) is 9.65. The highest BCUT2D eigenvalue weighted by molar-refractivity contribution is 6.05. The van der Waals surface area contributed by atoms with Gasteiger partial charge >= 0.3 is 5.97 Å². The third-order valence-electron chi connectivity index (χ3n) is 7.31. The minimum Gasteiger partial charge on any atom is -0.459 e. The van der Waals surface area contributed by atoms with Gasteiger partial charge in [0.25, 0.3) is 0 Å². The Labute approximate surface area is 229 Å². The molecule has 1 aliphatic heterocycles. The lowest BCUT2D eigenvalue weighted by molar-refractivity contribution is -0.149. The van der Waals surface area contributed by atoms with Crippen LogP contribution in [0.5, 0.6) is 0 Å². The van der Waals surface area contributed by atoms with Crippen LogP contribution < -0.4 is 4.90 Å². The SMILES string of the molecule is O=C(OCc1ccccc1)C1(c2ccccc2)C(c2ccccc2)=CC(c2ccccc2)N1c1ccccc1. The summed E-state index contributed by atoms with van der Waals surface area (Å²) in [5.41, 5.74) is 4.52. The van der Waals surface area contributed by atoms with E-state index in [9.17, 15) is 4.79 Å². The number of benzene rings is 5. The Morgan fingerprint density at radius 2 is 1.15 bits per heavy atom. The van der Waals surface area contributed by atoms with Gasteiger partial charge in [-0.05, 0) is 40.0 Å². The van der Waals surface area contributed by atoms with Gasteiger partial charge in [-0.3, -0.25) is 0 Å². The van der Waals surface area contributed by atoms with E-state index in [1.807, 2.05) is 115 Å². The molecule has 0 aliphatic carbocycles. The first-order chi connectivity index (χ1) is 19.3. The third kappa shape index (κ3) is 4.53. The molecule has 190 valence electrons. The van der Waals surface area contributed by atoms with E-state index < -0.39 is 5.54 Å². The number of rotatable bonds is 7. The molecule has 2 atom stereocenters. The molecule has 1 aliphatic rings. The van der Waals surface area contributed by atoms with Crippen LogP contribution in [0.4, 0.5) is 5.69 Å². The van der Waals surface area contributed by atoms with Gasteiger partial charge in [0.15, 0.2) is 5.54 Å². The highest BCUT2D eigenvalue weighted by Crippen LogP contribution is 2.54. The Morgan fingerprint density at radius 1 is 0.641 bits per heavy atom. The van der Waals surface area contributed by atoms with Crippen LogP contribution in [0, 0.1) is 0 Å². The Hall–Kier alpha value is -4.89. The van der Waals surface area contributed by atoms with Crippen molar-refractivity contribution in [3.05, 3.63) is 180 Å². The maximum atomic E-state index is 14.8. The number of ether oxygens (including phenoxy) is 1. The van der Waals surface area contributed by atoms with E-state index in [2.05, 4.69) is 47.4 Å². The summed E-state index contributed by atoms with van der Waals surface area (Å²) in [6.07, 6.45) is 2.23. The monoisotopic (exact) mass is 507 g/mol. The van der Waals surface area contributed by atoms with Gasteiger partial charge in [-0.15, -0.1) is 0 Å². The van der Waals surface area contributed by atoms with Crippen molar-refractivity contribution >= 4 is 17.2 Å². The summed E-state index contributed by atoms with van der Waals surface area (Å²) < 4.78 is 6.24. The molecule has 0 amide bonds. The van der Waals surface area contributed by atoms with Crippen LogP contribution in [0.25, 0.3) is 5.57 Å². The fourth-order valence-electron chi connectivity index (χ4n) is 5.58. The van der Waals surface area contributed by atoms with Crippen LogP contribution in [0.15, 0.2) is 158 Å². The second-order valence-corrected chi connectivity index (χ2v) is 9.65. The van der Waals surface area contributed by atoms with E-state index in [1.165, 1.54) is 0 Å². The second kappa shape index (κ2) is 10.8. The summed E-state index contributed by atoms with van der Waals surface area (Å²) in [6, 6.07) is 50.4. The van der Waals surface area contributed by atoms with E-state index >= 15 is 0 Å². The Morgan fingerprint density at radius 3 is 1.77 bits per heavy atom. The molecule has 0 N–H and O–H groups in total. The molecule has 0 bridgehead atoms. The van der Waals surface area contributed by atoms with E-state index in [0.29, 0.717) is 0 Å². The molecule has 39 heavy (non-hydrogen) atoms. The molecule has 0 radical (unpaired) electrons. The number of hydrogen-bond acceptors (Lipinski definition) is 3. The first kappa shape index (κ1) is 24.4. The van der Waals surface area contributed by atoms with Crippen LogP contribution in [-0.2, 0) is 21.7 Å². The molecule has 0 saturated heterocycles. The summed E-state index contributed by atoms with van der Waals surface area (Å²) in [5, 5.41) is 0. The molecule has 0 fully saturated rings. The summed E-state index contributed by atoms with van der Waals surface area (Å²) in [5.74, 6) is -0.310. The summed E-state index contributed by atoms with van der Waals surface area (Å²) in [7, 11) is 0. The van der Waals surface area contributed by atoms with Crippen molar-refractivity contribution in [3.8, 4) is 0 Å². The summed E-state index contributed by atoms with van der Waals surface area (Å²) in [4.78, 5) is 17.0. The summed E-state index contributed by atoms with van der Waals surface area (Å²) in [6.45, 7) is 0.189. The van der Waals surface area contributed by atoms with Gasteiger partial charge in [0.05, 0.1) is 6.04 Å². The fraction of sp³-hybridized carbons (Fsp3) is 0.0833. The molecule has 2 unspecified atom stereocenters. The van der Waals surface area contributed by atoms with Crippen LogP contribution in [0.3, 0.4) is 0 Å². The average Bonchev–Trinajstić information content (AvgIpc) is 3.39. The van der Waals surface area contributed by atoms with Crippen LogP contribution in [-0.4, -0.2) is 5.97 Å². The first-order valence-electron chi connectivity index (χ1n) is 13.2. The number of anilines is 1. The number of nitrogens with zero attached hydrogens (tertiary/aromatic N) is 1. The van der Waals surface area contributed by atoms with Crippen LogP contribution in [0.1, 0.15) is 28.3 Å². The van der Waals surface area contributed by atoms with Crippen molar-refractivity contribution in [2.24, 2.45) is 0 Å². The lowest BCUT2D eigenvalue weighted by atomic mass is 9.79. The van der Waals surface area contributed by atoms with Crippen molar-refractivity contribution < 1.29 is 9.53 Å². The fourth-order valence-corrected chi connectivity index (χ4v) is 5.58. The highest BCUT2D eigenvalue weighted by atomic mass is 16.5. The highest BCUT2D eigenvalue weighted by Gasteiger charge is 2.57. The maximum Gasteiger partial charge on any atom is 0.341 e. The molecule has 3 heteroatoms. The summed E-state index contributed by atoms with van der Waals surface area (Å²) >= 11 is 0. The van der Waals surface area contributed by atoms with E-state index in [-0.39, 0.29) is 18.6 Å². The lowest BCUT2D eigenvalue weighted by Gasteiger charge is -2.43. The number of para-hydroxylation sites is 1. The van der Waals surface area contributed by atoms with Crippen molar-refractivity contribution in [3.63, 3.8) is 0 Å². The van der Waals surface area contributed by atoms with Crippen molar-refractivity contribution in [1.82, 2.24) is 0 Å². The number of carbonyl (C=O) groups is 1. The lowest BCUT2D eigenvalue weighted by Crippen LogP contribution is -2.51. The minimum atomic E-state index is -1.22. The largest absolute Gasteiger partial charge is 0.459 e. The minimum absolute atomic E-state index is 0.189. The predicted molar refractivity (Wildman–Crippen MR) is 157 cm³/mol. The van der Waals surface area contributed by atoms with E-state index in [0.717, 1.165) is 33.5 Å². The topological polar surface area (TPSA) is 29.5 Å². The van der Waals surface area contributed by atoms with Gasteiger partial charge in [-0.1, -0.05) is 146 Å². The Balaban J connectivity index is 1.61. The Bertz CT molecular complexity index is 1550. The van der Waals surface area contributed by atoms with Gasteiger partial charge in [0, 0.05) is 5.69 Å². The standard InChI is InChI=1S/C36H29NO2/c38-35(39-27-28-16-6-1-7-17-28)36(31-22-12-4-13-23-31)33(29-18-8-2-9-19-29)26-34(30-20-10-3-11-21-30)37(36)32-24-14-5-15-25-32/h1-26,34H,27H2. The van der Waals surface area contributed by atoms with Crippen LogP contribution in [0.2, 0.25) is 0 Å². The molecule has 0 saturated carbocycles. The van der Waals surface area contributed by atoms with E-state index in [4.69, 9.17) is 4.74 Å². The molecule has 1 heterocycles. The average molecular weight is 508 g/mol. The third-order valence-corrected chi connectivity index (χ3v) is 7.31. The van der Waals surface area contributed by atoms with Gasteiger partial charge in [0.2, 0.25) is 0 Å². The maximum absolute atomic E-state index is 14.8.